The SMILES string of the molecule is CN(C)c1ccccc1Nc1cccc(Cl)n1. The van der Waals surface area contributed by atoms with Gasteiger partial charge in [0.25, 0.3) is 0 Å². The van der Waals surface area contributed by atoms with E-state index in [2.05, 4.69) is 10.3 Å². The molecule has 0 spiro atoms. The Balaban J connectivity index is 2.30. The zero-order chi connectivity index (χ0) is 12.3. The van der Waals surface area contributed by atoms with Crippen LogP contribution in [0.3, 0.4) is 0 Å². The number of para-hydroxylation sites is 2. The number of hydrogen-bond donors (Lipinski definition) is 1. The molecule has 0 saturated heterocycles. The molecule has 2 aromatic rings. The summed E-state index contributed by atoms with van der Waals surface area (Å²) in [5, 5.41) is 3.74. The average molecular weight is 248 g/mol. The van der Waals surface area contributed by atoms with Crippen LogP contribution in [0.15, 0.2) is 42.5 Å². The average Bonchev–Trinajstić information content (AvgIpc) is 2.29. The van der Waals surface area contributed by atoms with Gasteiger partial charge in [-0.3, -0.25) is 0 Å². The quantitative estimate of drug-likeness (QED) is 0.841. The number of halogens is 1. The van der Waals surface area contributed by atoms with Crippen molar-refractivity contribution in [3.63, 3.8) is 0 Å². The number of aromatic nitrogens is 1. The van der Waals surface area contributed by atoms with E-state index in [-0.39, 0.29) is 0 Å². The van der Waals surface area contributed by atoms with Gasteiger partial charge in [-0.25, -0.2) is 4.98 Å². The fraction of sp³-hybridized carbons (Fsp3) is 0.154. The lowest BCUT2D eigenvalue weighted by Gasteiger charge is -2.17. The van der Waals surface area contributed by atoms with Crippen LogP contribution in [-0.4, -0.2) is 19.1 Å². The molecule has 0 unspecified atom stereocenters. The maximum atomic E-state index is 5.85. The number of anilines is 3. The van der Waals surface area contributed by atoms with Crippen molar-refractivity contribution in [1.82, 2.24) is 4.98 Å². The Kier molecular flexibility index (Phi) is 3.49. The fourth-order valence-electron chi connectivity index (χ4n) is 1.59. The van der Waals surface area contributed by atoms with Crippen molar-refractivity contribution in [3.05, 3.63) is 47.6 Å². The van der Waals surface area contributed by atoms with Gasteiger partial charge in [0, 0.05) is 14.1 Å². The highest BCUT2D eigenvalue weighted by Gasteiger charge is 2.04. The first-order chi connectivity index (χ1) is 8.16. The van der Waals surface area contributed by atoms with Crippen LogP contribution in [0, 0.1) is 0 Å². The van der Waals surface area contributed by atoms with E-state index in [9.17, 15) is 0 Å². The molecule has 1 aromatic carbocycles. The summed E-state index contributed by atoms with van der Waals surface area (Å²) in [5.41, 5.74) is 2.11. The lowest BCUT2D eigenvalue weighted by Crippen LogP contribution is -2.10. The van der Waals surface area contributed by atoms with Crippen LogP contribution in [0.25, 0.3) is 0 Å². The molecule has 0 radical (unpaired) electrons. The van der Waals surface area contributed by atoms with Crippen molar-refractivity contribution in [2.75, 3.05) is 24.3 Å². The van der Waals surface area contributed by atoms with E-state index in [1.807, 2.05) is 55.4 Å². The lowest BCUT2D eigenvalue weighted by molar-refractivity contribution is 1.13. The van der Waals surface area contributed by atoms with E-state index < -0.39 is 0 Å². The summed E-state index contributed by atoms with van der Waals surface area (Å²) in [6.45, 7) is 0. The summed E-state index contributed by atoms with van der Waals surface area (Å²) in [6.07, 6.45) is 0. The minimum Gasteiger partial charge on any atom is -0.376 e. The number of rotatable bonds is 3. The topological polar surface area (TPSA) is 28.2 Å². The van der Waals surface area contributed by atoms with Gasteiger partial charge in [-0.05, 0) is 24.3 Å². The van der Waals surface area contributed by atoms with Crippen molar-refractivity contribution in [1.29, 1.82) is 0 Å². The molecule has 0 atom stereocenters. The Morgan fingerprint density at radius 3 is 2.53 bits per heavy atom. The third-order valence-corrected chi connectivity index (χ3v) is 2.57. The van der Waals surface area contributed by atoms with E-state index in [0.29, 0.717) is 5.15 Å². The van der Waals surface area contributed by atoms with Gasteiger partial charge in [-0.1, -0.05) is 29.8 Å². The minimum absolute atomic E-state index is 0.484. The summed E-state index contributed by atoms with van der Waals surface area (Å²) >= 11 is 5.85. The van der Waals surface area contributed by atoms with Crippen molar-refractivity contribution < 1.29 is 0 Å². The highest BCUT2D eigenvalue weighted by molar-refractivity contribution is 6.29. The van der Waals surface area contributed by atoms with Crippen molar-refractivity contribution in [2.45, 2.75) is 0 Å². The Bertz CT molecular complexity index is 512. The molecule has 1 aromatic heterocycles. The van der Waals surface area contributed by atoms with E-state index in [0.717, 1.165) is 17.2 Å². The standard InChI is InChI=1S/C13H14ClN3/c1-17(2)11-7-4-3-6-10(11)15-13-9-5-8-12(14)16-13/h3-9H,1-2H3,(H,15,16). The van der Waals surface area contributed by atoms with Crippen molar-refractivity contribution >= 4 is 28.8 Å². The highest BCUT2D eigenvalue weighted by atomic mass is 35.5. The summed E-state index contributed by atoms with van der Waals surface area (Å²) in [5.74, 6) is 0.742. The highest BCUT2D eigenvalue weighted by Crippen LogP contribution is 2.26. The normalized spacial score (nSPS) is 10.1. The summed E-state index contributed by atoms with van der Waals surface area (Å²) in [7, 11) is 4.01. The molecule has 0 amide bonds. The molecule has 1 N–H and O–H groups in total. The van der Waals surface area contributed by atoms with Gasteiger partial charge in [0.15, 0.2) is 0 Å². The second kappa shape index (κ2) is 5.06. The Morgan fingerprint density at radius 2 is 1.82 bits per heavy atom. The van der Waals surface area contributed by atoms with Crippen LogP contribution in [0.1, 0.15) is 0 Å². The van der Waals surface area contributed by atoms with Crippen molar-refractivity contribution in [3.8, 4) is 0 Å². The molecule has 88 valence electrons. The molecule has 17 heavy (non-hydrogen) atoms. The summed E-state index contributed by atoms with van der Waals surface area (Å²) < 4.78 is 0. The predicted octanol–water partition coefficient (Wildman–Crippen LogP) is 3.54. The van der Waals surface area contributed by atoms with E-state index in [1.54, 1.807) is 6.07 Å². The number of hydrogen-bond acceptors (Lipinski definition) is 3. The van der Waals surface area contributed by atoms with Crippen LogP contribution < -0.4 is 10.2 Å². The van der Waals surface area contributed by atoms with Crippen molar-refractivity contribution in [2.24, 2.45) is 0 Å². The first kappa shape index (κ1) is 11.7. The molecular formula is C13H14ClN3. The van der Waals surface area contributed by atoms with Gasteiger partial charge in [-0.2, -0.15) is 0 Å². The maximum absolute atomic E-state index is 5.85. The van der Waals surface area contributed by atoms with E-state index >= 15 is 0 Å². The smallest absolute Gasteiger partial charge is 0.132 e. The molecule has 0 fully saturated rings. The molecule has 0 aliphatic carbocycles. The summed E-state index contributed by atoms with van der Waals surface area (Å²) in [6, 6.07) is 13.6. The molecule has 0 aliphatic heterocycles. The van der Waals surface area contributed by atoms with Gasteiger partial charge in [0.05, 0.1) is 11.4 Å². The largest absolute Gasteiger partial charge is 0.376 e. The lowest BCUT2D eigenvalue weighted by atomic mass is 10.2. The third kappa shape index (κ3) is 2.88. The first-order valence-electron chi connectivity index (χ1n) is 5.33. The Labute approximate surface area is 106 Å². The van der Waals surface area contributed by atoms with Gasteiger partial charge in [0.2, 0.25) is 0 Å². The predicted molar refractivity (Wildman–Crippen MR) is 73.3 cm³/mol. The van der Waals surface area contributed by atoms with Gasteiger partial charge < -0.3 is 10.2 Å². The Morgan fingerprint density at radius 1 is 1.06 bits per heavy atom. The number of nitrogens with zero attached hydrogens (tertiary/aromatic N) is 2. The van der Waals surface area contributed by atoms with Crippen LogP contribution in [-0.2, 0) is 0 Å². The van der Waals surface area contributed by atoms with Gasteiger partial charge >= 0.3 is 0 Å². The van der Waals surface area contributed by atoms with Crippen LogP contribution in [0.2, 0.25) is 5.15 Å². The Hall–Kier alpha value is -1.74. The van der Waals surface area contributed by atoms with Crippen LogP contribution in [0.4, 0.5) is 17.2 Å². The maximum Gasteiger partial charge on any atom is 0.132 e. The monoisotopic (exact) mass is 247 g/mol. The third-order valence-electron chi connectivity index (χ3n) is 2.36. The summed E-state index contributed by atoms with van der Waals surface area (Å²) in [4.78, 5) is 6.25. The first-order valence-corrected chi connectivity index (χ1v) is 5.70. The zero-order valence-corrected chi connectivity index (χ0v) is 10.6. The second-order valence-electron chi connectivity index (χ2n) is 3.88. The van der Waals surface area contributed by atoms with Crippen LogP contribution >= 0.6 is 11.6 Å². The molecular weight excluding hydrogens is 234 g/mol. The van der Waals surface area contributed by atoms with E-state index in [4.69, 9.17) is 11.6 Å². The number of pyridine rings is 1. The molecule has 2 rings (SSSR count). The van der Waals surface area contributed by atoms with Gasteiger partial charge in [0.1, 0.15) is 11.0 Å². The minimum atomic E-state index is 0.484. The zero-order valence-electron chi connectivity index (χ0n) is 9.81. The second-order valence-corrected chi connectivity index (χ2v) is 4.27. The van der Waals surface area contributed by atoms with Crippen LogP contribution in [0.5, 0.6) is 0 Å². The molecule has 1 heterocycles. The molecule has 0 saturated carbocycles. The molecule has 0 aliphatic rings. The molecule has 0 bridgehead atoms. The van der Waals surface area contributed by atoms with E-state index in [1.165, 1.54) is 0 Å². The fourth-order valence-corrected chi connectivity index (χ4v) is 1.75. The molecule has 3 nitrogen and oxygen atoms in total. The molecule has 4 heteroatoms. The number of benzene rings is 1. The van der Waals surface area contributed by atoms with Gasteiger partial charge in [-0.15, -0.1) is 0 Å². The number of nitrogens with one attached hydrogen (secondary N) is 1.